The van der Waals surface area contributed by atoms with Gasteiger partial charge in [0.15, 0.2) is 0 Å². The minimum atomic E-state index is -3.56. The molecule has 18 heavy (non-hydrogen) atoms. The number of piperazine rings is 1. The van der Waals surface area contributed by atoms with Crippen molar-refractivity contribution < 1.29 is 13.5 Å². The van der Waals surface area contributed by atoms with Gasteiger partial charge < -0.3 is 10.4 Å². The molecule has 0 aromatic heterocycles. The van der Waals surface area contributed by atoms with E-state index in [2.05, 4.69) is 10.0 Å². The lowest BCUT2D eigenvalue weighted by Crippen LogP contribution is -2.48. The largest absolute Gasteiger partial charge is 0.506 e. The number of phenolic OH excluding ortho intramolecular Hbond substituents is 1. The van der Waals surface area contributed by atoms with E-state index in [9.17, 15) is 13.5 Å². The molecule has 0 aliphatic carbocycles. The van der Waals surface area contributed by atoms with Gasteiger partial charge in [-0.05, 0) is 18.2 Å². The summed E-state index contributed by atoms with van der Waals surface area (Å²) in [5.41, 5.74) is 0.330. The van der Waals surface area contributed by atoms with Crippen LogP contribution in [-0.4, -0.2) is 44.0 Å². The van der Waals surface area contributed by atoms with Gasteiger partial charge in [0.05, 0.1) is 10.7 Å². The fraction of sp³-hybridized carbons (Fsp3) is 0.400. The molecule has 1 aliphatic rings. The fourth-order valence-corrected chi connectivity index (χ4v) is 3.07. The first-order valence-corrected chi connectivity index (χ1v) is 7.28. The zero-order valence-corrected chi connectivity index (χ0v) is 11.1. The molecule has 1 aromatic rings. The molecule has 3 N–H and O–H groups in total. The van der Waals surface area contributed by atoms with Crippen molar-refractivity contribution in [3.05, 3.63) is 23.2 Å². The van der Waals surface area contributed by atoms with Gasteiger partial charge in [0, 0.05) is 26.2 Å². The molecule has 0 bridgehead atoms. The SMILES string of the molecule is O=S(=O)(Nc1ccc(O)c(Cl)c1)N1CCNCC1. The highest BCUT2D eigenvalue weighted by molar-refractivity contribution is 7.90. The Morgan fingerprint density at radius 1 is 1.33 bits per heavy atom. The molecule has 1 aliphatic heterocycles. The van der Waals surface area contributed by atoms with E-state index in [0.29, 0.717) is 31.9 Å². The van der Waals surface area contributed by atoms with E-state index in [0.717, 1.165) is 0 Å². The average Bonchev–Trinajstić information content (AvgIpc) is 2.35. The Labute approximate surface area is 111 Å². The molecule has 0 amide bonds. The van der Waals surface area contributed by atoms with Gasteiger partial charge in [0.25, 0.3) is 0 Å². The zero-order valence-electron chi connectivity index (χ0n) is 9.56. The van der Waals surface area contributed by atoms with E-state index in [1.807, 2.05) is 0 Å². The summed E-state index contributed by atoms with van der Waals surface area (Å²) in [6, 6.07) is 4.18. The predicted molar refractivity (Wildman–Crippen MR) is 70.1 cm³/mol. The minimum absolute atomic E-state index is 0.0817. The molecule has 0 radical (unpaired) electrons. The highest BCUT2D eigenvalue weighted by Gasteiger charge is 2.23. The quantitative estimate of drug-likeness (QED) is 0.713. The Bertz CT molecular complexity index is 529. The first-order chi connectivity index (χ1) is 8.49. The van der Waals surface area contributed by atoms with Gasteiger partial charge in [0.2, 0.25) is 0 Å². The lowest BCUT2D eigenvalue weighted by atomic mass is 10.3. The van der Waals surface area contributed by atoms with Crippen LogP contribution in [0.15, 0.2) is 18.2 Å². The maximum Gasteiger partial charge on any atom is 0.301 e. The van der Waals surface area contributed by atoms with Gasteiger partial charge in [-0.25, -0.2) is 0 Å². The Morgan fingerprint density at radius 3 is 2.61 bits per heavy atom. The lowest BCUT2D eigenvalue weighted by Gasteiger charge is -2.26. The van der Waals surface area contributed by atoms with Crippen LogP contribution in [0, 0.1) is 0 Å². The molecule has 8 heteroatoms. The van der Waals surface area contributed by atoms with Gasteiger partial charge >= 0.3 is 10.2 Å². The molecule has 1 fully saturated rings. The van der Waals surface area contributed by atoms with E-state index in [-0.39, 0.29) is 10.8 Å². The van der Waals surface area contributed by atoms with E-state index in [1.165, 1.54) is 22.5 Å². The van der Waals surface area contributed by atoms with Gasteiger partial charge in [-0.15, -0.1) is 0 Å². The maximum absolute atomic E-state index is 12.0. The molecule has 0 spiro atoms. The third-order valence-electron chi connectivity index (χ3n) is 2.61. The van der Waals surface area contributed by atoms with Gasteiger partial charge in [-0.2, -0.15) is 12.7 Å². The van der Waals surface area contributed by atoms with Crippen LogP contribution in [0.4, 0.5) is 5.69 Å². The Kier molecular flexibility index (Phi) is 3.96. The number of rotatable bonds is 3. The minimum Gasteiger partial charge on any atom is -0.506 e. The van der Waals surface area contributed by atoms with Crippen LogP contribution >= 0.6 is 11.6 Å². The number of anilines is 1. The number of hydrogen-bond donors (Lipinski definition) is 3. The van der Waals surface area contributed by atoms with Gasteiger partial charge in [-0.3, -0.25) is 4.72 Å². The fourth-order valence-electron chi connectivity index (χ4n) is 1.67. The molecule has 0 atom stereocenters. The summed E-state index contributed by atoms with van der Waals surface area (Å²) >= 11 is 5.72. The second-order valence-corrected chi connectivity index (χ2v) is 6.00. The third-order valence-corrected chi connectivity index (χ3v) is 4.45. The lowest BCUT2D eigenvalue weighted by molar-refractivity contribution is 0.362. The molecule has 2 rings (SSSR count). The van der Waals surface area contributed by atoms with E-state index >= 15 is 0 Å². The second kappa shape index (κ2) is 5.31. The van der Waals surface area contributed by atoms with Crippen molar-refractivity contribution in [3.8, 4) is 5.75 Å². The van der Waals surface area contributed by atoms with Crippen LogP contribution in [-0.2, 0) is 10.2 Å². The predicted octanol–water partition coefficient (Wildman–Crippen LogP) is 0.607. The monoisotopic (exact) mass is 291 g/mol. The molecule has 1 aromatic carbocycles. The smallest absolute Gasteiger partial charge is 0.301 e. The number of benzene rings is 1. The number of hydrogen-bond acceptors (Lipinski definition) is 4. The second-order valence-electron chi connectivity index (χ2n) is 3.92. The van der Waals surface area contributed by atoms with Gasteiger partial charge in [0.1, 0.15) is 5.75 Å². The Hall–Kier alpha value is -1.02. The van der Waals surface area contributed by atoms with Crippen LogP contribution in [0.2, 0.25) is 5.02 Å². The summed E-state index contributed by atoms with van der Waals surface area (Å²) in [4.78, 5) is 0. The van der Waals surface area contributed by atoms with Crippen molar-refractivity contribution in [2.24, 2.45) is 0 Å². The topological polar surface area (TPSA) is 81.7 Å². The van der Waals surface area contributed by atoms with E-state index < -0.39 is 10.2 Å². The highest BCUT2D eigenvalue weighted by Crippen LogP contribution is 2.26. The van der Waals surface area contributed by atoms with Crippen molar-refractivity contribution in [2.75, 3.05) is 30.9 Å². The van der Waals surface area contributed by atoms with Crippen molar-refractivity contribution in [3.63, 3.8) is 0 Å². The Balaban J connectivity index is 2.13. The number of aromatic hydroxyl groups is 1. The number of nitrogens with zero attached hydrogens (tertiary/aromatic N) is 1. The van der Waals surface area contributed by atoms with E-state index in [1.54, 1.807) is 0 Å². The molecular weight excluding hydrogens is 278 g/mol. The van der Waals surface area contributed by atoms with Crippen molar-refractivity contribution >= 4 is 27.5 Å². The summed E-state index contributed by atoms with van der Waals surface area (Å²) in [5, 5.41) is 12.4. The van der Waals surface area contributed by atoms with Crippen molar-refractivity contribution in [1.29, 1.82) is 0 Å². The summed E-state index contributed by atoms with van der Waals surface area (Å²) < 4.78 is 27.9. The van der Waals surface area contributed by atoms with E-state index in [4.69, 9.17) is 11.6 Å². The molecule has 0 unspecified atom stereocenters. The van der Waals surface area contributed by atoms with Crippen LogP contribution in [0.5, 0.6) is 5.75 Å². The number of phenols is 1. The van der Waals surface area contributed by atoms with Crippen LogP contribution < -0.4 is 10.0 Å². The first-order valence-electron chi connectivity index (χ1n) is 5.46. The normalized spacial score (nSPS) is 17.6. The van der Waals surface area contributed by atoms with Crippen LogP contribution in [0.1, 0.15) is 0 Å². The van der Waals surface area contributed by atoms with Crippen LogP contribution in [0.3, 0.4) is 0 Å². The summed E-state index contributed by atoms with van der Waals surface area (Å²) in [5.74, 6) is -0.0817. The maximum atomic E-state index is 12.0. The number of nitrogens with one attached hydrogen (secondary N) is 2. The summed E-state index contributed by atoms with van der Waals surface area (Å²) in [6.07, 6.45) is 0. The number of halogens is 1. The molecule has 6 nitrogen and oxygen atoms in total. The van der Waals surface area contributed by atoms with Gasteiger partial charge in [-0.1, -0.05) is 11.6 Å². The molecule has 0 saturated carbocycles. The first kappa shape index (κ1) is 13.4. The Morgan fingerprint density at radius 2 is 2.00 bits per heavy atom. The standard InChI is InChI=1S/C10H14ClN3O3S/c11-9-7-8(1-2-10(9)15)13-18(16,17)14-5-3-12-4-6-14/h1-2,7,12-13,15H,3-6H2. The molecular formula is C10H14ClN3O3S. The summed E-state index contributed by atoms with van der Waals surface area (Å²) in [6.45, 7) is 2.14. The van der Waals surface area contributed by atoms with Crippen molar-refractivity contribution in [1.82, 2.24) is 9.62 Å². The van der Waals surface area contributed by atoms with Crippen molar-refractivity contribution in [2.45, 2.75) is 0 Å². The molecule has 100 valence electrons. The van der Waals surface area contributed by atoms with Crippen LogP contribution in [0.25, 0.3) is 0 Å². The summed E-state index contributed by atoms with van der Waals surface area (Å²) in [7, 11) is -3.56. The third kappa shape index (κ3) is 3.05. The molecule has 1 heterocycles. The highest BCUT2D eigenvalue weighted by atomic mass is 35.5. The molecule has 1 saturated heterocycles. The zero-order chi connectivity index (χ0) is 13.2. The average molecular weight is 292 g/mol.